The first kappa shape index (κ1) is 16.6. The van der Waals surface area contributed by atoms with Gasteiger partial charge in [-0.25, -0.2) is 4.79 Å². The zero-order chi connectivity index (χ0) is 15.7. The Bertz CT molecular complexity index is 372. The maximum Gasteiger partial charge on any atom is 0.410 e. The molecule has 0 spiro atoms. The zero-order valence-corrected chi connectivity index (χ0v) is 13.9. The van der Waals surface area contributed by atoms with Crippen molar-refractivity contribution in [2.75, 3.05) is 26.2 Å². The first-order valence-electron chi connectivity index (χ1n) is 8.11. The van der Waals surface area contributed by atoms with Gasteiger partial charge in [-0.15, -0.1) is 0 Å². The zero-order valence-electron chi connectivity index (χ0n) is 13.9. The van der Waals surface area contributed by atoms with Gasteiger partial charge in [0.05, 0.1) is 6.61 Å². The molecule has 0 saturated carbocycles. The lowest BCUT2D eigenvalue weighted by atomic mass is 9.95. The molecular formula is C16H30N2O3. The van der Waals surface area contributed by atoms with E-state index in [1.54, 1.807) is 0 Å². The fraction of sp³-hybridized carbons (Fsp3) is 0.938. The highest BCUT2D eigenvalue weighted by molar-refractivity contribution is 5.68. The van der Waals surface area contributed by atoms with Gasteiger partial charge in [0.1, 0.15) is 5.60 Å². The number of rotatable bonds is 2. The van der Waals surface area contributed by atoms with Gasteiger partial charge in [0.2, 0.25) is 0 Å². The van der Waals surface area contributed by atoms with Gasteiger partial charge >= 0.3 is 6.09 Å². The summed E-state index contributed by atoms with van der Waals surface area (Å²) in [6.07, 6.45) is 3.95. The lowest BCUT2D eigenvalue weighted by molar-refractivity contribution is -0.00153. The molecule has 0 aromatic rings. The molecular weight excluding hydrogens is 268 g/mol. The fourth-order valence-electron chi connectivity index (χ4n) is 3.52. The molecule has 2 aliphatic heterocycles. The van der Waals surface area contributed by atoms with E-state index < -0.39 is 5.60 Å². The quantitative estimate of drug-likeness (QED) is 0.849. The highest BCUT2D eigenvalue weighted by atomic mass is 16.6. The molecule has 122 valence electrons. The van der Waals surface area contributed by atoms with Crippen molar-refractivity contribution in [3.8, 4) is 0 Å². The van der Waals surface area contributed by atoms with Crippen molar-refractivity contribution in [2.45, 2.75) is 70.6 Å². The molecule has 0 aliphatic carbocycles. The van der Waals surface area contributed by atoms with E-state index in [1.807, 2.05) is 25.7 Å². The van der Waals surface area contributed by atoms with E-state index in [0.29, 0.717) is 6.04 Å². The van der Waals surface area contributed by atoms with Crippen molar-refractivity contribution in [1.82, 2.24) is 9.80 Å². The van der Waals surface area contributed by atoms with Crippen LogP contribution in [-0.2, 0) is 4.74 Å². The summed E-state index contributed by atoms with van der Waals surface area (Å²) in [5.74, 6) is 0. The molecule has 0 radical (unpaired) electrons. The molecule has 1 atom stereocenters. The third kappa shape index (κ3) is 3.89. The molecule has 2 rings (SSSR count). The van der Waals surface area contributed by atoms with E-state index in [1.165, 1.54) is 0 Å². The van der Waals surface area contributed by atoms with Gasteiger partial charge in [0.15, 0.2) is 0 Å². The predicted octanol–water partition coefficient (Wildman–Crippen LogP) is 2.23. The number of hydrogen-bond donors (Lipinski definition) is 1. The van der Waals surface area contributed by atoms with Gasteiger partial charge in [0, 0.05) is 24.7 Å². The monoisotopic (exact) mass is 298 g/mol. The number of likely N-dealkylation sites (tertiary alicyclic amines) is 2. The van der Waals surface area contributed by atoms with Crippen LogP contribution in [0.2, 0.25) is 0 Å². The lowest BCUT2D eigenvalue weighted by Crippen LogP contribution is -2.54. The second-order valence-corrected chi connectivity index (χ2v) is 7.65. The molecule has 5 heteroatoms. The molecule has 5 nitrogen and oxygen atoms in total. The fourth-order valence-corrected chi connectivity index (χ4v) is 3.52. The van der Waals surface area contributed by atoms with Crippen LogP contribution >= 0.6 is 0 Å². The second kappa shape index (κ2) is 6.13. The summed E-state index contributed by atoms with van der Waals surface area (Å²) in [6.45, 7) is 10.6. The SMILES string of the molecule is CC(C)(C)OC(=O)N1CCC(N2CCCC2(C)CO)CC1. The summed E-state index contributed by atoms with van der Waals surface area (Å²) < 4.78 is 5.43. The van der Waals surface area contributed by atoms with Crippen molar-refractivity contribution in [2.24, 2.45) is 0 Å². The maximum absolute atomic E-state index is 12.1. The number of ether oxygens (including phenoxy) is 1. The van der Waals surface area contributed by atoms with Crippen molar-refractivity contribution in [3.05, 3.63) is 0 Å². The first-order valence-corrected chi connectivity index (χ1v) is 8.11. The van der Waals surface area contributed by atoms with Gasteiger partial charge in [-0.3, -0.25) is 4.90 Å². The van der Waals surface area contributed by atoms with Crippen LogP contribution in [0.5, 0.6) is 0 Å². The molecule has 2 heterocycles. The van der Waals surface area contributed by atoms with Gasteiger partial charge in [-0.1, -0.05) is 0 Å². The smallest absolute Gasteiger partial charge is 0.410 e. The van der Waals surface area contributed by atoms with E-state index in [0.717, 1.165) is 45.3 Å². The number of hydrogen-bond acceptors (Lipinski definition) is 4. The minimum Gasteiger partial charge on any atom is -0.444 e. The molecule has 1 N–H and O–H groups in total. The van der Waals surface area contributed by atoms with Crippen molar-refractivity contribution in [3.63, 3.8) is 0 Å². The number of nitrogens with zero attached hydrogens (tertiary/aromatic N) is 2. The maximum atomic E-state index is 12.1. The van der Waals surface area contributed by atoms with Gasteiger partial charge < -0.3 is 14.7 Å². The highest BCUT2D eigenvalue weighted by Crippen LogP contribution is 2.33. The van der Waals surface area contributed by atoms with E-state index in [2.05, 4.69) is 11.8 Å². The minimum absolute atomic E-state index is 0.0707. The number of carbonyl (C=O) groups is 1. The lowest BCUT2D eigenvalue weighted by Gasteiger charge is -2.43. The van der Waals surface area contributed by atoms with E-state index in [4.69, 9.17) is 4.74 Å². The number of amides is 1. The Hall–Kier alpha value is -0.810. The van der Waals surface area contributed by atoms with Gasteiger partial charge in [-0.05, 0) is 59.9 Å². The average molecular weight is 298 g/mol. The summed E-state index contributed by atoms with van der Waals surface area (Å²) in [7, 11) is 0. The molecule has 21 heavy (non-hydrogen) atoms. The summed E-state index contributed by atoms with van der Waals surface area (Å²) in [5.41, 5.74) is -0.503. The highest BCUT2D eigenvalue weighted by Gasteiger charge is 2.41. The molecule has 1 unspecified atom stereocenters. The topological polar surface area (TPSA) is 53.0 Å². The minimum atomic E-state index is -0.432. The Kier molecular flexibility index (Phi) is 4.83. The predicted molar refractivity (Wildman–Crippen MR) is 82.3 cm³/mol. The Balaban J connectivity index is 1.87. The molecule has 2 aliphatic rings. The Morgan fingerprint density at radius 3 is 2.43 bits per heavy atom. The molecule has 0 aromatic heterocycles. The van der Waals surface area contributed by atoms with Crippen LogP contribution in [0.3, 0.4) is 0 Å². The Morgan fingerprint density at radius 2 is 1.90 bits per heavy atom. The summed E-state index contributed by atoms with van der Waals surface area (Å²) >= 11 is 0. The average Bonchev–Trinajstić information content (AvgIpc) is 2.80. The van der Waals surface area contributed by atoms with E-state index in [9.17, 15) is 9.90 Å². The molecule has 1 amide bonds. The Labute approximate surface area is 128 Å². The van der Waals surface area contributed by atoms with Crippen molar-refractivity contribution >= 4 is 6.09 Å². The van der Waals surface area contributed by atoms with Crippen LogP contribution in [0.15, 0.2) is 0 Å². The summed E-state index contributed by atoms with van der Waals surface area (Å²) in [6, 6.07) is 0.475. The van der Waals surface area contributed by atoms with Gasteiger partial charge in [-0.2, -0.15) is 0 Å². The summed E-state index contributed by atoms with van der Waals surface area (Å²) in [5, 5.41) is 9.67. The number of carbonyl (C=O) groups excluding carboxylic acids is 1. The molecule has 0 aromatic carbocycles. The number of aliphatic hydroxyl groups excluding tert-OH is 1. The third-order valence-corrected chi connectivity index (χ3v) is 4.71. The summed E-state index contributed by atoms with van der Waals surface area (Å²) in [4.78, 5) is 16.3. The molecule has 2 fully saturated rings. The Morgan fingerprint density at radius 1 is 1.29 bits per heavy atom. The van der Waals surface area contributed by atoms with Crippen LogP contribution in [0.25, 0.3) is 0 Å². The van der Waals surface area contributed by atoms with Crippen molar-refractivity contribution < 1.29 is 14.6 Å². The number of aliphatic hydroxyl groups is 1. The molecule has 2 saturated heterocycles. The largest absolute Gasteiger partial charge is 0.444 e. The van der Waals surface area contributed by atoms with Crippen LogP contribution in [0.1, 0.15) is 53.4 Å². The van der Waals surface area contributed by atoms with E-state index >= 15 is 0 Å². The van der Waals surface area contributed by atoms with Crippen LogP contribution in [-0.4, -0.2) is 64.4 Å². The molecule has 0 bridgehead atoms. The standard InChI is InChI=1S/C16H30N2O3/c1-15(2,3)21-14(20)17-10-6-13(7-11-17)18-9-5-8-16(18,4)12-19/h13,19H,5-12H2,1-4H3. The van der Waals surface area contributed by atoms with Crippen LogP contribution in [0, 0.1) is 0 Å². The second-order valence-electron chi connectivity index (χ2n) is 7.65. The number of piperidine rings is 1. The van der Waals surface area contributed by atoms with Crippen LogP contribution < -0.4 is 0 Å². The third-order valence-electron chi connectivity index (χ3n) is 4.71. The van der Waals surface area contributed by atoms with Crippen molar-refractivity contribution in [1.29, 1.82) is 0 Å². The van der Waals surface area contributed by atoms with Crippen LogP contribution in [0.4, 0.5) is 4.79 Å². The normalized spacial score (nSPS) is 28.9. The van der Waals surface area contributed by atoms with Gasteiger partial charge in [0.25, 0.3) is 0 Å². The first-order chi connectivity index (χ1) is 9.75. The van der Waals surface area contributed by atoms with E-state index in [-0.39, 0.29) is 18.2 Å².